The average Bonchev–Trinajstić information content (AvgIpc) is 2.99. The number of carbonyl (C=O) groups excluding carboxylic acids is 1. The molecule has 0 aliphatic carbocycles. The highest BCUT2D eigenvalue weighted by atomic mass is 35.5. The summed E-state index contributed by atoms with van der Waals surface area (Å²) in [6, 6.07) is 13.7. The summed E-state index contributed by atoms with van der Waals surface area (Å²) >= 11 is 7.57. The summed E-state index contributed by atoms with van der Waals surface area (Å²) in [6.07, 6.45) is 1.91. The average molecular weight is 357 g/mol. The van der Waals surface area contributed by atoms with Crippen LogP contribution in [0.1, 0.15) is 26.4 Å². The number of carbonyl (C=O) groups is 1. The second kappa shape index (κ2) is 7.16. The van der Waals surface area contributed by atoms with E-state index in [0.29, 0.717) is 15.0 Å². The fraction of sp³-hybridized carbons (Fsp3) is 0.158. The van der Waals surface area contributed by atoms with Crippen molar-refractivity contribution in [2.24, 2.45) is 0 Å². The molecule has 0 aliphatic heterocycles. The number of thiazole rings is 1. The molecule has 0 saturated carbocycles. The van der Waals surface area contributed by atoms with Crippen LogP contribution >= 0.6 is 22.9 Å². The van der Waals surface area contributed by atoms with Crippen molar-refractivity contribution in [1.29, 1.82) is 0 Å². The number of aromatic nitrogens is 1. The van der Waals surface area contributed by atoms with E-state index in [1.54, 1.807) is 6.20 Å². The van der Waals surface area contributed by atoms with Gasteiger partial charge in [-0.15, -0.1) is 0 Å². The Bertz CT molecular complexity index is 868. The SMILES string of the molecule is Cc1cccc(Nc2ncc(C(=O)Cc3c(C)cccc3Cl)s2)c1. The van der Waals surface area contributed by atoms with E-state index >= 15 is 0 Å². The first kappa shape index (κ1) is 16.7. The molecule has 0 radical (unpaired) electrons. The van der Waals surface area contributed by atoms with E-state index in [1.807, 2.05) is 56.3 Å². The second-order valence-electron chi connectivity index (χ2n) is 5.66. The Labute approximate surface area is 150 Å². The van der Waals surface area contributed by atoms with Gasteiger partial charge in [0.25, 0.3) is 0 Å². The number of ketones is 1. The van der Waals surface area contributed by atoms with Crippen molar-refractivity contribution in [3.05, 3.63) is 75.3 Å². The van der Waals surface area contributed by atoms with Gasteiger partial charge in [-0.3, -0.25) is 4.79 Å². The quantitative estimate of drug-likeness (QED) is 0.606. The zero-order valence-electron chi connectivity index (χ0n) is 13.5. The molecule has 0 amide bonds. The number of benzene rings is 2. The van der Waals surface area contributed by atoms with E-state index in [-0.39, 0.29) is 12.2 Å². The molecule has 0 spiro atoms. The van der Waals surface area contributed by atoms with Crippen LogP contribution in [0.5, 0.6) is 0 Å². The Morgan fingerprint density at radius 1 is 1.21 bits per heavy atom. The molecule has 0 fully saturated rings. The van der Waals surface area contributed by atoms with E-state index < -0.39 is 0 Å². The highest BCUT2D eigenvalue weighted by molar-refractivity contribution is 7.17. The third-order valence-corrected chi connectivity index (χ3v) is 5.05. The molecular weight excluding hydrogens is 340 g/mol. The summed E-state index contributed by atoms with van der Waals surface area (Å²) in [7, 11) is 0. The normalized spacial score (nSPS) is 10.6. The third-order valence-electron chi connectivity index (χ3n) is 3.74. The maximum absolute atomic E-state index is 12.5. The van der Waals surface area contributed by atoms with Gasteiger partial charge in [0, 0.05) is 17.1 Å². The van der Waals surface area contributed by atoms with Crippen molar-refractivity contribution in [3.8, 4) is 0 Å². The minimum Gasteiger partial charge on any atom is -0.332 e. The van der Waals surface area contributed by atoms with Crippen LogP contribution in [0.4, 0.5) is 10.8 Å². The lowest BCUT2D eigenvalue weighted by Gasteiger charge is -2.06. The molecular formula is C19H17ClN2OS. The topological polar surface area (TPSA) is 42.0 Å². The summed E-state index contributed by atoms with van der Waals surface area (Å²) < 4.78 is 0. The number of rotatable bonds is 5. The lowest BCUT2D eigenvalue weighted by molar-refractivity contribution is 0.0996. The second-order valence-corrected chi connectivity index (χ2v) is 7.10. The molecule has 122 valence electrons. The van der Waals surface area contributed by atoms with E-state index in [1.165, 1.54) is 16.9 Å². The lowest BCUT2D eigenvalue weighted by Crippen LogP contribution is -2.03. The number of nitrogens with one attached hydrogen (secondary N) is 1. The van der Waals surface area contributed by atoms with Crippen LogP contribution in [0.3, 0.4) is 0 Å². The van der Waals surface area contributed by atoms with Crippen molar-refractivity contribution in [3.63, 3.8) is 0 Å². The monoisotopic (exact) mass is 356 g/mol. The molecule has 0 atom stereocenters. The van der Waals surface area contributed by atoms with Gasteiger partial charge in [0.2, 0.25) is 0 Å². The predicted molar refractivity (Wildman–Crippen MR) is 101 cm³/mol. The van der Waals surface area contributed by atoms with Crippen LogP contribution in [-0.2, 0) is 6.42 Å². The van der Waals surface area contributed by atoms with Crippen molar-refractivity contribution in [2.45, 2.75) is 20.3 Å². The van der Waals surface area contributed by atoms with E-state index in [4.69, 9.17) is 11.6 Å². The van der Waals surface area contributed by atoms with Gasteiger partial charge in [-0.25, -0.2) is 4.98 Å². The maximum atomic E-state index is 12.5. The first-order valence-corrected chi connectivity index (χ1v) is 8.79. The van der Waals surface area contributed by atoms with Gasteiger partial charge in [0.1, 0.15) is 0 Å². The minimum absolute atomic E-state index is 0.0287. The number of Topliss-reactive ketones (excluding diaryl/α,β-unsaturated/α-hetero) is 1. The van der Waals surface area contributed by atoms with Crippen molar-refractivity contribution in [1.82, 2.24) is 4.98 Å². The zero-order valence-corrected chi connectivity index (χ0v) is 15.0. The van der Waals surface area contributed by atoms with Crippen LogP contribution in [0.2, 0.25) is 5.02 Å². The Morgan fingerprint density at radius 3 is 2.75 bits per heavy atom. The molecule has 0 aliphatic rings. The van der Waals surface area contributed by atoms with E-state index in [2.05, 4.69) is 10.3 Å². The Morgan fingerprint density at radius 2 is 2.00 bits per heavy atom. The summed E-state index contributed by atoms with van der Waals surface area (Å²) in [4.78, 5) is 17.5. The zero-order chi connectivity index (χ0) is 17.1. The molecule has 3 aromatic rings. The van der Waals surface area contributed by atoms with Crippen LogP contribution in [0.25, 0.3) is 0 Å². The summed E-state index contributed by atoms with van der Waals surface area (Å²) in [5, 5.41) is 4.57. The summed E-state index contributed by atoms with van der Waals surface area (Å²) in [5.41, 5.74) is 4.04. The van der Waals surface area contributed by atoms with Gasteiger partial charge in [0.05, 0.1) is 11.1 Å². The Balaban J connectivity index is 1.74. The van der Waals surface area contributed by atoms with Gasteiger partial charge in [0.15, 0.2) is 10.9 Å². The fourth-order valence-corrected chi connectivity index (χ4v) is 3.51. The first-order valence-electron chi connectivity index (χ1n) is 7.59. The molecule has 0 bridgehead atoms. The molecule has 0 unspecified atom stereocenters. The van der Waals surface area contributed by atoms with Crippen LogP contribution in [0.15, 0.2) is 48.7 Å². The van der Waals surface area contributed by atoms with Crippen LogP contribution < -0.4 is 5.32 Å². The molecule has 1 heterocycles. The standard InChI is InChI=1S/C19H17ClN2OS/c1-12-5-3-7-14(9-12)22-19-21-11-18(24-19)17(23)10-15-13(2)6-4-8-16(15)20/h3-9,11H,10H2,1-2H3,(H,21,22). The third kappa shape index (κ3) is 3.83. The molecule has 1 N–H and O–H groups in total. The largest absolute Gasteiger partial charge is 0.332 e. The van der Waals surface area contributed by atoms with Gasteiger partial charge in [-0.1, -0.05) is 47.2 Å². The Kier molecular flexibility index (Phi) is 4.97. The highest BCUT2D eigenvalue weighted by Crippen LogP contribution is 2.26. The van der Waals surface area contributed by atoms with Crippen LogP contribution in [0, 0.1) is 13.8 Å². The number of aryl methyl sites for hydroxylation is 2. The Hall–Kier alpha value is -2.17. The molecule has 1 aromatic heterocycles. The van der Waals surface area contributed by atoms with Crippen molar-refractivity contribution in [2.75, 3.05) is 5.32 Å². The molecule has 0 saturated heterocycles. The molecule has 3 rings (SSSR count). The molecule has 24 heavy (non-hydrogen) atoms. The van der Waals surface area contributed by atoms with Gasteiger partial charge in [-0.2, -0.15) is 0 Å². The van der Waals surface area contributed by atoms with E-state index in [0.717, 1.165) is 16.8 Å². The first-order chi connectivity index (χ1) is 11.5. The lowest BCUT2D eigenvalue weighted by atomic mass is 10.0. The molecule has 5 heteroatoms. The number of hydrogen-bond donors (Lipinski definition) is 1. The van der Waals surface area contributed by atoms with Gasteiger partial charge >= 0.3 is 0 Å². The predicted octanol–water partition coefficient (Wildman–Crippen LogP) is 5.58. The molecule has 3 nitrogen and oxygen atoms in total. The smallest absolute Gasteiger partial charge is 0.187 e. The number of nitrogens with zero attached hydrogens (tertiary/aromatic N) is 1. The van der Waals surface area contributed by atoms with E-state index in [9.17, 15) is 4.79 Å². The summed E-state index contributed by atoms with van der Waals surface area (Å²) in [6.45, 7) is 4.00. The number of hydrogen-bond acceptors (Lipinski definition) is 4. The number of halogens is 1. The molecule has 2 aromatic carbocycles. The summed E-state index contributed by atoms with van der Waals surface area (Å²) in [5.74, 6) is 0.0287. The fourth-order valence-electron chi connectivity index (χ4n) is 2.45. The highest BCUT2D eigenvalue weighted by Gasteiger charge is 2.14. The van der Waals surface area contributed by atoms with Gasteiger partial charge < -0.3 is 5.32 Å². The number of anilines is 2. The minimum atomic E-state index is 0.0287. The van der Waals surface area contributed by atoms with Gasteiger partial charge in [-0.05, 0) is 48.7 Å². The maximum Gasteiger partial charge on any atom is 0.187 e. The van der Waals surface area contributed by atoms with Crippen molar-refractivity contribution >= 4 is 39.5 Å². The van der Waals surface area contributed by atoms with Crippen molar-refractivity contribution < 1.29 is 4.79 Å². The van der Waals surface area contributed by atoms with Crippen LogP contribution in [-0.4, -0.2) is 10.8 Å².